The second-order valence-corrected chi connectivity index (χ2v) is 6.01. The zero-order valence-corrected chi connectivity index (χ0v) is 11.7. The molecule has 1 heterocycles. The molecule has 1 aliphatic heterocycles. The lowest BCUT2D eigenvalue weighted by molar-refractivity contribution is 0.140. The van der Waals surface area contributed by atoms with Gasteiger partial charge in [-0.25, -0.2) is 0 Å². The molecule has 2 atom stereocenters. The van der Waals surface area contributed by atoms with Gasteiger partial charge in [0.05, 0.1) is 0 Å². The van der Waals surface area contributed by atoms with Crippen LogP contribution in [0.15, 0.2) is 24.3 Å². The van der Waals surface area contributed by atoms with Crippen molar-refractivity contribution in [3.63, 3.8) is 0 Å². The SMILES string of the molecule is CC1CC(C)CN(CCCc2ccccc2N)C1. The number of benzene rings is 1. The third-order valence-electron chi connectivity index (χ3n) is 3.92. The van der Waals surface area contributed by atoms with Gasteiger partial charge in [0.2, 0.25) is 0 Å². The second-order valence-electron chi connectivity index (χ2n) is 6.01. The number of aryl methyl sites for hydroxylation is 1. The van der Waals surface area contributed by atoms with Gasteiger partial charge in [-0.1, -0.05) is 32.0 Å². The minimum absolute atomic E-state index is 0.857. The van der Waals surface area contributed by atoms with Crippen molar-refractivity contribution in [3.05, 3.63) is 29.8 Å². The van der Waals surface area contributed by atoms with Gasteiger partial charge in [0.1, 0.15) is 0 Å². The molecule has 0 aliphatic carbocycles. The lowest BCUT2D eigenvalue weighted by atomic mass is 9.92. The van der Waals surface area contributed by atoms with Crippen LogP contribution in [0.1, 0.15) is 32.3 Å². The average Bonchev–Trinajstić information content (AvgIpc) is 2.30. The summed E-state index contributed by atoms with van der Waals surface area (Å²) in [6.07, 6.45) is 3.71. The summed E-state index contributed by atoms with van der Waals surface area (Å²) in [4.78, 5) is 2.62. The molecule has 100 valence electrons. The van der Waals surface area contributed by atoms with Gasteiger partial charge in [0.15, 0.2) is 0 Å². The molecule has 1 aromatic carbocycles. The standard InChI is InChI=1S/C16H26N2/c1-13-10-14(2)12-18(11-13)9-5-7-15-6-3-4-8-16(15)17/h3-4,6,8,13-14H,5,7,9-12,17H2,1-2H3. The van der Waals surface area contributed by atoms with E-state index in [-0.39, 0.29) is 0 Å². The van der Waals surface area contributed by atoms with E-state index in [0.717, 1.165) is 23.9 Å². The first kappa shape index (κ1) is 13.4. The molecule has 2 heteroatoms. The van der Waals surface area contributed by atoms with E-state index in [1.54, 1.807) is 0 Å². The van der Waals surface area contributed by atoms with Crippen molar-refractivity contribution in [2.75, 3.05) is 25.4 Å². The van der Waals surface area contributed by atoms with Crippen molar-refractivity contribution in [3.8, 4) is 0 Å². The molecule has 0 saturated carbocycles. The minimum atomic E-state index is 0.857. The normalized spacial score (nSPS) is 25.2. The molecule has 2 nitrogen and oxygen atoms in total. The molecular weight excluding hydrogens is 220 g/mol. The highest BCUT2D eigenvalue weighted by molar-refractivity contribution is 5.46. The Labute approximate surface area is 111 Å². The first-order chi connectivity index (χ1) is 8.65. The summed E-state index contributed by atoms with van der Waals surface area (Å²) < 4.78 is 0. The molecule has 0 bridgehead atoms. The molecule has 0 radical (unpaired) electrons. The van der Waals surface area contributed by atoms with E-state index in [9.17, 15) is 0 Å². The van der Waals surface area contributed by atoms with E-state index in [1.165, 1.54) is 38.0 Å². The Morgan fingerprint density at radius 2 is 1.83 bits per heavy atom. The number of nitrogens with two attached hydrogens (primary N) is 1. The highest BCUT2D eigenvalue weighted by atomic mass is 15.1. The van der Waals surface area contributed by atoms with Crippen LogP contribution in [0.2, 0.25) is 0 Å². The van der Waals surface area contributed by atoms with E-state index >= 15 is 0 Å². The van der Waals surface area contributed by atoms with E-state index in [0.29, 0.717) is 0 Å². The van der Waals surface area contributed by atoms with Crippen molar-refractivity contribution in [1.29, 1.82) is 0 Å². The zero-order chi connectivity index (χ0) is 13.0. The van der Waals surface area contributed by atoms with Gasteiger partial charge in [-0.15, -0.1) is 0 Å². The van der Waals surface area contributed by atoms with Gasteiger partial charge >= 0.3 is 0 Å². The smallest absolute Gasteiger partial charge is 0.0346 e. The highest BCUT2D eigenvalue weighted by Gasteiger charge is 2.20. The van der Waals surface area contributed by atoms with Crippen LogP contribution in [0, 0.1) is 11.8 Å². The number of para-hydroxylation sites is 1. The molecule has 1 aromatic rings. The molecule has 0 aromatic heterocycles. The molecule has 2 N–H and O–H groups in total. The second kappa shape index (κ2) is 6.24. The fourth-order valence-corrected chi connectivity index (χ4v) is 3.23. The fraction of sp³-hybridized carbons (Fsp3) is 0.625. The number of likely N-dealkylation sites (tertiary alicyclic amines) is 1. The molecule has 1 fully saturated rings. The largest absolute Gasteiger partial charge is 0.399 e. The fourth-order valence-electron chi connectivity index (χ4n) is 3.23. The van der Waals surface area contributed by atoms with Gasteiger partial charge in [0.25, 0.3) is 0 Å². The van der Waals surface area contributed by atoms with Crippen LogP contribution in [-0.2, 0) is 6.42 Å². The van der Waals surface area contributed by atoms with Crippen LogP contribution in [0.4, 0.5) is 5.69 Å². The number of nitrogens with zero attached hydrogens (tertiary/aromatic N) is 1. The molecule has 2 rings (SSSR count). The highest BCUT2D eigenvalue weighted by Crippen LogP contribution is 2.21. The Balaban J connectivity index is 1.77. The maximum absolute atomic E-state index is 5.97. The number of hydrogen-bond donors (Lipinski definition) is 1. The zero-order valence-electron chi connectivity index (χ0n) is 11.7. The Morgan fingerprint density at radius 3 is 2.50 bits per heavy atom. The first-order valence-corrected chi connectivity index (χ1v) is 7.21. The van der Waals surface area contributed by atoms with Gasteiger partial charge in [-0.2, -0.15) is 0 Å². The van der Waals surface area contributed by atoms with Crippen LogP contribution < -0.4 is 5.73 Å². The Bertz CT molecular complexity index is 365. The van der Waals surface area contributed by atoms with Crippen LogP contribution in [0.25, 0.3) is 0 Å². The summed E-state index contributed by atoms with van der Waals surface area (Å²) >= 11 is 0. The molecule has 1 aliphatic rings. The van der Waals surface area contributed by atoms with Crippen LogP contribution >= 0.6 is 0 Å². The maximum atomic E-state index is 5.97. The number of anilines is 1. The molecule has 1 saturated heterocycles. The number of piperidine rings is 1. The number of nitrogen functional groups attached to an aromatic ring is 1. The summed E-state index contributed by atoms with van der Waals surface area (Å²) in [6.45, 7) is 8.50. The monoisotopic (exact) mass is 246 g/mol. The Morgan fingerprint density at radius 1 is 1.17 bits per heavy atom. The summed E-state index contributed by atoms with van der Waals surface area (Å²) in [5.41, 5.74) is 8.21. The minimum Gasteiger partial charge on any atom is -0.399 e. The van der Waals surface area contributed by atoms with Gasteiger partial charge in [0, 0.05) is 18.8 Å². The van der Waals surface area contributed by atoms with Gasteiger partial charge in [-0.05, 0) is 49.3 Å². The van der Waals surface area contributed by atoms with E-state index in [1.807, 2.05) is 12.1 Å². The average molecular weight is 246 g/mol. The van der Waals surface area contributed by atoms with Crippen LogP contribution in [0.3, 0.4) is 0 Å². The summed E-state index contributed by atoms with van der Waals surface area (Å²) in [5.74, 6) is 1.71. The molecule has 2 unspecified atom stereocenters. The summed E-state index contributed by atoms with van der Waals surface area (Å²) in [5, 5.41) is 0. The molecular formula is C16H26N2. The van der Waals surface area contributed by atoms with Crippen molar-refractivity contribution >= 4 is 5.69 Å². The Kier molecular flexibility index (Phi) is 4.65. The van der Waals surface area contributed by atoms with Crippen molar-refractivity contribution in [1.82, 2.24) is 4.90 Å². The first-order valence-electron chi connectivity index (χ1n) is 7.21. The van der Waals surface area contributed by atoms with Crippen molar-refractivity contribution < 1.29 is 0 Å². The van der Waals surface area contributed by atoms with Gasteiger partial charge < -0.3 is 10.6 Å². The quantitative estimate of drug-likeness (QED) is 0.827. The summed E-state index contributed by atoms with van der Waals surface area (Å²) in [6, 6.07) is 8.24. The molecule has 18 heavy (non-hydrogen) atoms. The molecule has 0 amide bonds. The lowest BCUT2D eigenvalue weighted by Crippen LogP contribution is -2.39. The predicted molar refractivity (Wildman–Crippen MR) is 78.6 cm³/mol. The number of hydrogen-bond acceptors (Lipinski definition) is 2. The topological polar surface area (TPSA) is 29.3 Å². The van der Waals surface area contributed by atoms with Gasteiger partial charge in [-0.3, -0.25) is 0 Å². The third-order valence-corrected chi connectivity index (χ3v) is 3.92. The number of rotatable bonds is 4. The van der Waals surface area contributed by atoms with Crippen molar-refractivity contribution in [2.45, 2.75) is 33.1 Å². The molecule has 0 spiro atoms. The van der Waals surface area contributed by atoms with Crippen LogP contribution in [-0.4, -0.2) is 24.5 Å². The summed E-state index contributed by atoms with van der Waals surface area (Å²) in [7, 11) is 0. The lowest BCUT2D eigenvalue weighted by Gasteiger charge is -2.35. The van der Waals surface area contributed by atoms with E-state index in [4.69, 9.17) is 5.73 Å². The van der Waals surface area contributed by atoms with E-state index in [2.05, 4.69) is 30.9 Å². The Hall–Kier alpha value is -1.02. The van der Waals surface area contributed by atoms with E-state index < -0.39 is 0 Å². The van der Waals surface area contributed by atoms with Crippen LogP contribution in [0.5, 0.6) is 0 Å². The maximum Gasteiger partial charge on any atom is 0.0346 e. The van der Waals surface area contributed by atoms with Crippen molar-refractivity contribution in [2.24, 2.45) is 11.8 Å². The third kappa shape index (κ3) is 3.74. The predicted octanol–water partition coefficient (Wildman–Crippen LogP) is 3.18.